The topological polar surface area (TPSA) is 76.1 Å². The van der Waals surface area contributed by atoms with Gasteiger partial charge >= 0.3 is 12.1 Å². The van der Waals surface area contributed by atoms with Gasteiger partial charge in [0.1, 0.15) is 6.61 Å². The molecule has 0 saturated carbocycles. The maximum atomic E-state index is 12.2. The molecule has 1 amide bonds. The Kier molecular flexibility index (Phi) is 6.17. The van der Waals surface area contributed by atoms with Crippen molar-refractivity contribution in [1.29, 1.82) is 0 Å². The molecule has 1 saturated heterocycles. The van der Waals surface area contributed by atoms with Crippen LogP contribution in [0, 0.1) is 0 Å². The molecule has 1 aliphatic heterocycles. The number of hydrogen-bond donors (Lipinski definition) is 1. The fourth-order valence-electron chi connectivity index (χ4n) is 2.55. The molecule has 0 aliphatic carbocycles. The minimum absolute atomic E-state index is 0.191. The average Bonchev–Trinajstić information content (AvgIpc) is 3.08. The number of aliphatic hydroxyl groups is 1. The zero-order valence-corrected chi connectivity index (χ0v) is 13.1. The predicted octanol–water partition coefficient (Wildman–Crippen LogP) is 1.88. The van der Waals surface area contributed by atoms with Gasteiger partial charge in [-0.1, -0.05) is 30.3 Å². The van der Waals surface area contributed by atoms with Crippen molar-refractivity contribution in [3.63, 3.8) is 0 Å². The monoisotopic (exact) mass is 319 g/mol. The summed E-state index contributed by atoms with van der Waals surface area (Å²) in [7, 11) is 1.27. The number of amides is 1. The molecule has 124 valence electrons. The molecule has 1 heterocycles. The lowest BCUT2D eigenvalue weighted by molar-refractivity contribution is -0.134. The Bertz CT molecular complexity index is 557. The van der Waals surface area contributed by atoms with E-state index in [0.29, 0.717) is 13.0 Å². The molecule has 2 atom stereocenters. The molecule has 1 aliphatic rings. The summed E-state index contributed by atoms with van der Waals surface area (Å²) in [4.78, 5) is 24.8. The summed E-state index contributed by atoms with van der Waals surface area (Å²) in [5.41, 5.74) is 0.905. The number of methoxy groups -OCH3 is 1. The lowest BCUT2D eigenvalue weighted by Gasteiger charge is -2.26. The van der Waals surface area contributed by atoms with Crippen LogP contribution in [-0.2, 0) is 20.9 Å². The maximum Gasteiger partial charge on any atom is 0.410 e. The highest BCUT2D eigenvalue weighted by atomic mass is 16.6. The summed E-state index contributed by atoms with van der Waals surface area (Å²) in [6, 6.07) is 9.02. The van der Waals surface area contributed by atoms with Crippen molar-refractivity contribution in [3.05, 3.63) is 48.0 Å². The van der Waals surface area contributed by atoms with Crippen molar-refractivity contribution < 1.29 is 24.2 Å². The number of hydrogen-bond acceptors (Lipinski definition) is 5. The quantitative estimate of drug-likeness (QED) is 0.662. The van der Waals surface area contributed by atoms with Gasteiger partial charge in [-0.15, -0.1) is 0 Å². The van der Waals surface area contributed by atoms with Crippen LogP contribution in [0.4, 0.5) is 4.79 Å². The van der Waals surface area contributed by atoms with Crippen LogP contribution in [0.1, 0.15) is 18.4 Å². The zero-order chi connectivity index (χ0) is 16.7. The van der Waals surface area contributed by atoms with E-state index < -0.39 is 18.2 Å². The van der Waals surface area contributed by atoms with Gasteiger partial charge in [0.05, 0.1) is 19.3 Å². The van der Waals surface area contributed by atoms with Gasteiger partial charge in [0.25, 0.3) is 0 Å². The second kappa shape index (κ2) is 8.33. The van der Waals surface area contributed by atoms with Crippen molar-refractivity contribution in [2.24, 2.45) is 0 Å². The summed E-state index contributed by atoms with van der Waals surface area (Å²) < 4.78 is 9.78. The molecule has 1 fully saturated rings. The molecule has 6 heteroatoms. The minimum Gasteiger partial charge on any atom is -0.466 e. The van der Waals surface area contributed by atoms with Gasteiger partial charge in [-0.25, -0.2) is 9.59 Å². The van der Waals surface area contributed by atoms with Crippen LogP contribution in [0.3, 0.4) is 0 Å². The first kappa shape index (κ1) is 17.0. The molecular weight excluding hydrogens is 298 g/mol. The largest absolute Gasteiger partial charge is 0.466 e. The third-order valence-corrected chi connectivity index (χ3v) is 3.76. The van der Waals surface area contributed by atoms with Crippen LogP contribution in [-0.4, -0.2) is 47.9 Å². The van der Waals surface area contributed by atoms with Gasteiger partial charge in [0.2, 0.25) is 0 Å². The molecule has 1 N–H and O–H groups in total. The summed E-state index contributed by atoms with van der Waals surface area (Å²) in [5, 5.41) is 10.2. The molecule has 0 aromatic heterocycles. The van der Waals surface area contributed by atoms with Crippen molar-refractivity contribution in [3.8, 4) is 0 Å². The summed E-state index contributed by atoms with van der Waals surface area (Å²) >= 11 is 0. The van der Waals surface area contributed by atoms with Crippen LogP contribution in [0.5, 0.6) is 0 Å². The highest BCUT2D eigenvalue weighted by molar-refractivity contribution is 5.81. The van der Waals surface area contributed by atoms with E-state index >= 15 is 0 Å². The predicted molar refractivity (Wildman–Crippen MR) is 83.5 cm³/mol. The highest BCUT2D eigenvalue weighted by Crippen LogP contribution is 2.22. The lowest BCUT2D eigenvalue weighted by Crippen LogP contribution is -2.42. The average molecular weight is 319 g/mol. The van der Waals surface area contributed by atoms with Gasteiger partial charge in [-0.2, -0.15) is 0 Å². The first-order valence-corrected chi connectivity index (χ1v) is 7.53. The Labute approximate surface area is 135 Å². The normalized spacial score (nSPS) is 18.9. The van der Waals surface area contributed by atoms with Crippen LogP contribution >= 0.6 is 0 Å². The Morgan fingerprint density at radius 3 is 2.83 bits per heavy atom. The second-order valence-electron chi connectivity index (χ2n) is 5.32. The van der Waals surface area contributed by atoms with Crippen molar-refractivity contribution in [2.45, 2.75) is 31.6 Å². The molecule has 0 spiro atoms. The number of benzene rings is 1. The standard InChI is InChI=1S/C17H21NO5/c1-22-16(20)10-9-15(19)14-8-5-11-18(14)17(21)23-12-13-6-3-2-4-7-13/h2-4,6-7,9-10,14-15,19H,5,8,11-12H2,1H3/b10-9+/t14-,15-/m0/s1. The molecule has 0 bridgehead atoms. The van der Waals surface area contributed by atoms with E-state index in [1.165, 1.54) is 18.1 Å². The van der Waals surface area contributed by atoms with Crippen LogP contribution in [0.15, 0.2) is 42.5 Å². The number of aliphatic hydroxyl groups excluding tert-OH is 1. The molecule has 1 aromatic carbocycles. The smallest absolute Gasteiger partial charge is 0.410 e. The number of likely N-dealkylation sites (tertiary alicyclic amines) is 1. The van der Waals surface area contributed by atoms with E-state index in [4.69, 9.17) is 4.74 Å². The zero-order valence-electron chi connectivity index (χ0n) is 13.1. The molecule has 2 rings (SSSR count). The first-order chi connectivity index (χ1) is 11.1. The number of ether oxygens (including phenoxy) is 2. The lowest BCUT2D eigenvalue weighted by atomic mass is 10.1. The SMILES string of the molecule is COC(=O)/C=C/[C@H](O)[C@@H]1CCCN1C(=O)OCc1ccccc1. The minimum atomic E-state index is -0.930. The molecular formula is C17H21NO5. The summed E-state index contributed by atoms with van der Waals surface area (Å²) in [6.07, 6.45) is 2.57. The van der Waals surface area contributed by atoms with E-state index in [1.54, 1.807) is 0 Å². The van der Waals surface area contributed by atoms with E-state index in [0.717, 1.165) is 18.1 Å². The summed E-state index contributed by atoms with van der Waals surface area (Å²) in [6.45, 7) is 0.721. The van der Waals surface area contributed by atoms with E-state index in [1.807, 2.05) is 30.3 Å². The Hall–Kier alpha value is -2.34. The third kappa shape index (κ3) is 4.82. The van der Waals surface area contributed by atoms with E-state index in [-0.39, 0.29) is 12.6 Å². The molecule has 6 nitrogen and oxygen atoms in total. The van der Waals surface area contributed by atoms with Crippen LogP contribution in [0.25, 0.3) is 0 Å². The van der Waals surface area contributed by atoms with Crippen LogP contribution in [0.2, 0.25) is 0 Å². The van der Waals surface area contributed by atoms with Crippen molar-refractivity contribution >= 4 is 12.1 Å². The number of nitrogens with zero attached hydrogens (tertiary/aromatic N) is 1. The van der Waals surface area contributed by atoms with E-state index in [9.17, 15) is 14.7 Å². The Morgan fingerprint density at radius 1 is 1.39 bits per heavy atom. The fraction of sp³-hybridized carbons (Fsp3) is 0.412. The molecule has 1 aromatic rings. The fourth-order valence-corrected chi connectivity index (χ4v) is 2.55. The van der Waals surface area contributed by atoms with Crippen molar-refractivity contribution in [2.75, 3.05) is 13.7 Å². The van der Waals surface area contributed by atoms with Gasteiger partial charge in [0, 0.05) is 12.6 Å². The number of carbonyl (C=O) groups excluding carboxylic acids is 2. The first-order valence-electron chi connectivity index (χ1n) is 7.53. The molecule has 23 heavy (non-hydrogen) atoms. The van der Waals surface area contributed by atoms with Crippen LogP contribution < -0.4 is 0 Å². The molecule has 0 radical (unpaired) electrons. The number of carbonyl (C=O) groups is 2. The third-order valence-electron chi connectivity index (χ3n) is 3.76. The maximum absolute atomic E-state index is 12.2. The van der Waals surface area contributed by atoms with E-state index in [2.05, 4.69) is 4.74 Å². The van der Waals surface area contributed by atoms with Crippen molar-refractivity contribution in [1.82, 2.24) is 4.90 Å². The van der Waals surface area contributed by atoms with Gasteiger partial charge in [-0.3, -0.25) is 0 Å². The number of esters is 1. The number of rotatable bonds is 5. The molecule has 0 unspecified atom stereocenters. The van der Waals surface area contributed by atoms with Gasteiger partial charge in [-0.05, 0) is 24.5 Å². The Balaban J connectivity index is 1.91. The van der Waals surface area contributed by atoms with Gasteiger partial charge < -0.3 is 19.5 Å². The second-order valence-corrected chi connectivity index (χ2v) is 5.32. The highest BCUT2D eigenvalue weighted by Gasteiger charge is 2.33. The summed E-state index contributed by atoms with van der Waals surface area (Å²) in [5.74, 6) is -0.541. The Morgan fingerprint density at radius 2 is 2.13 bits per heavy atom. The van der Waals surface area contributed by atoms with Gasteiger partial charge in [0.15, 0.2) is 0 Å².